The molecule has 2 rings (SSSR count). The van der Waals surface area contributed by atoms with E-state index in [-0.39, 0.29) is 0 Å². The van der Waals surface area contributed by atoms with Gasteiger partial charge in [-0.25, -0.2) is 8.42 Å². The molecule has 1 N–H and O–H groups in total. The first-order valence-corrected chi connectivity index (χ1v) is 5.84. The Morgan fingerprint density at radius 1 is 1.20 bits per heavy atom. The largest absolute Gasteiger partial charge is 0.325 e. The maximum Gasteiger partial charge on any atom is 0.245 e. The van der Waals surface area contributed by atoms with Crippen LogP contribution < -0.4 is 5.32 Å². The average Bonchev–Trinajstić information content (AvgIpc) is 2.99. The molecule has 1 aliphatic carbocycles. The summed E-state index contributed by atoms with van der Waals surface area (Å²) in [7, 11) is -2.68. The summed E-state index contributed by atoms with van der Waals surface area (Å²) < 4.78 is 20.6. The van der Waals surface area contributed by atoms with Crippen LogP contribution in [0, 0.1) is 0 Å². The first kappa shape index (κ1) is 10.2. The van der Waals surface area contributed by atoms with Crippen LogP contribution in [0.1, 0.15) is 12.8 Å². The summed E-state index contributed by atoms with van der Waals surface area (Å²) in [6.45, 7) is 0. The number of carbonyl (C=O) groups excluding carboxylic acids is 1. The highest BCUT2D eigenvalue weighted by Gasteiger charge is 2.53. The minimum absolute atomic E-state index is 0.412. The van der Waals surface area contributed by atoms with Crippen molar-refractivity contribution < 1.29 is 13.2 Å². The molecule has 4 nitrogen and oxygen atoms in total. The first-order valence-electron chi connectivity index (χ1n) is 4.66. The number of benzene rings is 1. The van der Waals surface area contributed by atoms with Gasteiger partial charge >= 0.3 is 0 Å². The number of hydrogen-bond acceptors (Lipinski definition) is 3. The summed E-state index contributed by atoms with van der Waals surface area (Å²) >= 11 is 0. The molecule has 5 heteroatoms. The van der Waals surface area contributed by atoms with Crippen molar-refractivity contribution >= 4 is 22.3 Å². The van der Waals surface area contributed by atoms with Crippen LogP contribution in [-0.2, 0) is 15.5 Å². The van der Waals surface area contributed by atoms with Gasteiger partial charge in [-0.1, -0.05) is 18.2 Å². The molecular weight excluding hydrogens is 214 g/mol. The predicted octanol–water partition coefficient (Wildman–Crippen LogP) is 0.769. The molecular formula is C10H11NO3S. The van der Waals surface area contributed by atoms with Crippen LogP contribution in [0.15, 0.2) is 30.3 Å². The monoisotopic (exact) mass is 225 g/mol. The van der Waals surface area contributed by atoms with Gasteiger partial charge in [-0.2, -0.15) is 0 Å². The van der Waals surface area contributed by atoms with E-state index in [0.717, 1.165) is 0 Å². The molecule has 1 aromatic rings. The molecule has 1 amide bonds. The highest BCUT2D eigenvalue weighted by atomic mass is 32.2. The number of rotatable bonds is 3. The second-order valence-corrected chi connectivity index (χ2v) is 4.98. The third-order valence-electron chi connectivity index (χ3n) is 2.53. The topological polar surface area (TPSA) is 63.2 Å². The van der Waals surface area contributed by atoms with Crippen LogP contribution in [0.2, 0.25) is 0 Å². The molecule has 0 unspecified atom stereocenters. The Morgan fingerprint density at radius 3 is 2.27 bits per heavy atom. The summed E-state index contributed by atoms with van der Waals surface area (Å²) in [4.78, 5) is 11.6. The standard InChI is InChI=1S/C10H11NO3S/c12-9(10(6-7-10)15(13)14)11-8-4-2-1-3-5-8/h1-5,15H,6-7H2,(H,11,12). The number of thiol groups is 1. The Morgan fingerprint density at radius 2 is 1.80 bits per heavy atom. The van der Waals surface area contributed by atoms with Gasteiger partial charge in [0.25, 0.3) is 0 Å². The fourth-order valence-electron chi connectivity index (χ4n) is 1.38. The lowest BCUT2D eigenvalue weighted by Gasteiger charge is -2.08. The normalized spacial score (nSPS) is 17.4. The summed E-state index contributed by atoms with van der Waals surface area (Å²) in [6.07, 6.45) is 0.870. The maximum absolute atomic E-state index is 11.6. The second-order valence-electron chi connectivity index (χ2n) is 3.61. The first-order chi connectivity index (χ1) is 7.15. The highest BCUT2D eigenvalue weighted by Crippen LogP contribution is 2.40. The van der Waals surface area contributed by atoms with Crippen LogP contribution in [0.3, 0.4) is 0 Å². The quantitative estimate of drug-likeness (QED) is 0.747. The lowest BCUT2D eigenvalue weighted by molar-refractivity contribution is -0.116. The molecule has 1 saturated carbocycles. The number of nitrogens with one attached hydrogen (secondary N) is 1. The Labute approximate surface area is 89.3 Å². The van der Waals surface area contributed by atoms with Gasteiger partial charge in [-0.15, -0.1) is 0 Å². The van der Waals surface area contributed by atoms with Gasteiger partial charge in [-0.3, -0.25) is 4.79 Å². The van der Waals surface area contributed by atoms with E-state index in [2.05, 4.69) is 5.32 Å². The predicted molar refractivity (Wildman–Crippen MR) is 57.4 cm³/mol. The van der Waals surface area contributed by atoms with Gasteiger partial charge in [0.2, 0.25) is 5.91 Å². The van der Waals surface area contributed by atoms with Crippen molar-refractivity contribution in [2.45, 2.75) is 17.6 Å². The maximum atomic E-state index is 11.6. The minimum Gasteiger partial charge on any atom is -0.325 e. The molecule has 1 aromatic carbocycles. The molecule has 0 radical (unpaired) electrons. The van der Waals surface area contributed by atoms with Crippen molar-refractivity contribution in [3.8, 4) is 0 Å². The molecule has 0 aromatic heterocycles. The van der Waals surface area contributed by atoms with E-state index in [1.54, 1.807) is 24.3 Å². The molecule has 0 saturated heterocycles. The van der Waals surface area contributed by atoms with E-state index in [1.807, 2.05) is 6.07 Å². The number of anilines is 1. The number of carbonyl (C=O) groups is 1. The molecule has 0 atom stereocenters. The van der Waals surface area contributed by atoms with Crippen molar-refractivity contribution in [3.63, 3.8) is 0 Å². The summed E-state index contributed by atoms with van der Waals surface area (Å²) in [6, 6.07) is 8.85. The van der Waals surface area contributed by atoms with E-state index in [0.29, 0.717) is 18.5 Å². The Balaban J connectivity index is 2.12. The molecule has 0 bridgehead atoms. The average molecular weight is 225 g/mol. The fraction of sp³-hybridized carbons (Fsp3) is 0.300. The van der Waals surface area contributed by atoms with E-state index in [1.165, 1.54) is 0 Å². The smallest absolute Gasteiger partial charge is 0.245 e. The molecule has 15 heavy (non-hydrogen) atoms. The Kier molecular flexibility index (Phi) is 2.48. The van der Waals surface area contributed by atoms with Crippen molar-refractivity contribution in [3.05, 3.63) is 30.3 Å². The van der Waals surface area contributed by atoms with Crippen LogP contribution in [0.4, 0.5) is 5.69 Å². The van der Waals surface area contributed by atoms with E-state index in [9.17, 15) is 13.2 Å². The van der Waals surface area contributed by atoms with Gasteiger partial charge in [0.15, 0.2) is 10.7 Å². The number of para-hydroxylation sites is 1. The van der Waals surface area contributed by atoms with Crippen molar-refractivity contribution in [2.75, 3.05) is 5.32 Å². The van der Waals surface area contributed by atoms with Gasteiger partial charge in [0, 0.05) is 5.69 Å². The molecule has 0 aliphatic heterocycles. The van der Waals surface area contributed by atoms with Crippen LogP contribution in [0.25, 0.3) is 0 Å². The summed E-state index contributed by atoms with van der Waals surface area (Å²) in [5.74, 6) is -0.412. The van der Waals surface area contributed by atoms with Crippen LogP contribution in [-0.4, -0.2) is 19.1 Å². The second kappa shape index (κ2) is 3.66. The van der Waals surface area contributed by atoms with Gasteiger partial charge in [-0.05, 0) is 25.0 Å². The lowest BCUT2D eigenvalue weighted by Crippen LogP contribution is -2.30. The van der Waals surface area contributed by atoms with Crippen molar-refractivity contribution in [1.82, 2.24) is 0 Å². The summed E-state index contributed by atoms with van der Waals surface area (Å²) in [5.41, 5.74) is 0.630. The molecule has 0 spiro atoms. The molecule has 80 valence electrons. The molecule has 1 fully saturated rings. The molecule has 0 heterocycles. The van der Waals surface area contributed by atoms with E-state index < -0.39 is 21.4 Å². The van der Waals surface area contributed by atoms with E-state index >= 15 is 0 Å². The SMILES string of the molecule is O=C(Nc1ccccc1)C1([SH](=O)=O)CC1. The minimum atomic E-state index is -2.68. The van der Waals surface area contributed by atoms with Crippen LogP contribution in [0.5, 0.6) is 0 Å². The number of hydrogen-bond donors (Lipinski definition) is 2. The third-order valence-corrected chi connectivity index (χ3v) is 3.88. The fourth-order valence-corrected chi connectivity index (χ4v) is 2.08. The zero-order valence-electron chi connectivity index (χ0n) is 7.97. The van der Waals surface area contributed by atoms with Gasteiger partial charge < -0.3 is 5.32 Å². The van der Waals surface area contributed by atoms with Crippen molar-refractivity contribution in [2.24, 2.45) is 0 Å². The highest BCUT2D eigenvalue weighted by molar-refractivity contribution is 7.75. The van der Waals surface area contributed by atoms with Crippen LogP contribution >= 0.6 is 0 Å². The third kappa shape index (κ3) is 1.87. The molecule has 1 aliphatic rings. The zero-order chi connectivity index (χ0) is 10.9. The summed E-state index contributed by atoms with van der Waals surface area (Å²) in [5, 5.41) is 2.60. The van der Waals surface area contributed by atoms with Gasteiger partial charge in [0.05, 0.1) is 0 Å². The van der Waals surface area contributed by atoms with E-state index in [4.69, 9.17) is 0 Å². The Bertz CT molecular complexity index is 441. The zero-order valence-corrected chi connectivity index (χ0v) is 8.87. The van der Waals surface area contributed by atoms with Gasteiger partial charge in [0.1, 0.15) is 4.75 Å². The van der Waals surface area contributed by atoms with Crippen molar-refractivity contribution in [1.29, 1.82) is 0 Å². The Hall–Kier alpha value is -1.36. The lowest BCUT2D eigenvalue weighted by atomic mass is 10.3. The number of amides is 1.